The number of benzene rings is 1. The van der Waals surface area contributed by atoms with Crippen LogP contribution in [0.25, 0.3) is 0 Å². The zero-order valence-electron chi connectivity index (χ0n) is 7.77. The van der Waals surface area contributed by atoms with Crippen molar-refractivity contribution in [1.82, 2.24) is 0 Å². The van der Waals surface area contributed by atoms with Crippen molar-refractivity contribution in [3.63, 3.8) is 0 Å². The number of aliphatic hydroxyl groups excluding tert-OH is 1. The Labute approximate surface area is 88.5 Å². The molecule has 0 amide bonds. The first-order chi connectivity index (χ1) is 6.72. The van der Waals surface area contributed by atoms with Crippen molar-refractivity contribution in [1.29, 1.82) is 0 Å². The lowest BCUT2D eigenvalue weighted by Gasteiger charge is -2.04. The summed E-state index contributed by atoms with van der Waals surface area (Å²) in [5.74, 6) is 0.741. The molecule has 76 valence electrons. The molecule has 0 saturated carbocycles. The van der Waals surface area contributed by atoms with Gasteiger partial charge in [-0.25, -0.2) is 0 Å². The summed E-state index contributed by atoms with van der Waals surface area (Å²) < 4.78 is 5.20. The molecular weight excluding hydrogens is 198 g/mol. The van der Waals surface area contributed by atoms with Crippen LogP contribution in [0, 0.1) is 0 Å². The van der Waals surface area contributed by atoms with Crippen LogP contribution in [-0.4, -0.2) is 23.3 Å². The fourth-order valence-electron chi connectivity index (χ4n) is 1.07. The summed E-state index contributed by atoms with van der Waals surface area (Å²) >= 11 is 4.79. The molecule has 14 heavy (non-hydrogen) atoms. The number of rotatable bonds is 5. The highest BCUT2D eigenvalue weighted by Gasteiger charge is 1.96. The van der Waals surface area contributed by atoms with Gasteiger partial charge in [-0.3, -0.25) is 0 Å². The van der Waals surface area contributed by atoms with Crippen molar-refractivity contribution in [2.75, 3.05) is 13.2 Å². The van der Waals surface area contributed by atoms with E-state index in [0.717, 1.165) is 11.3 Å². The van der Waals surface area contributed by atoms with E-state index in [9.17, 15) is 0 Å². The number of hydrogen-bond donors (Lipinski definition) is 2. The van der Waals surface area contributed by atoms with E-state index in [-0.39, 0.29) is 6.61 Å². The van der Waals surface area contributed by atoms with Crippen molar-refractivity contribution in [3.8, 4) is 5.75 Å². The molecule has 0 aromatic heterocycles. The molecule has 0 aliphatic heterocycles. The molecule has 0 atom stereocenters. The minimum absolute atomic E-state index is 0.0225. The fourth-order valence-corrected chi connectivity index (χ4v) is 1.23. The topological polar surface area (TPSA) is 55.5 Å². The highest BCUT2D eigenvalue weighted by molar-refractivity contribution is 7.80. The van der Waals surface area contributed by atoms with Gasteiger partial charge >= 0.3 is 0 Å². The molecule has 1 aromatic carbocycles. The second-order valence-electron chi connectivity index (χ2n) is 2.86. The van der Waals surface area contributed by atoms with Crippen LogP contribution in [0.1, 0.15) is 5.56 Å². The minimum atomic E-state index is 0.0225. The van der Waals surface area contributed by atoms with Crippen molar-refractivity contribution < 1.29 is 9.84 Å². The highest BCUT2D eigenvalue weighted by atomic mass is 32.1. The van der Waals surface area contributed by atoms with Crippen LogP contribution >= 0.6 is 12.2 Å². The normalized spacial score (nSPS) is 9.79. The number of ether oxygens (including phenoxy) is 1. The van der Waals surface area contributed by atoms with Gasteiger partial charge in [-0.2, -0.15) is 0 Å². The van der Waals surface area contributed by atoms with Gasteiger partial charge in [0.15, 0.2) is 0 Å². The first-order valence-corrected chi connectivity index (χ1v) is 4.74. The molecule has 0 saturated heterocycles. The minimum Gasteiger partial charge on any atom is -0.491 e. The van der Waals surface area contributed by atoms with Gasteiger partial charge in [-0.1, -0.05) is 24.4 Å². The molecule has 0 bridgehead atoms. The van der Waals surface area contributed by atoms with E-state index < -0.39 is 0 Å². The molecule has 0 unspecified atom stereocenters. The average Bonchev–Trinajstić information content (AvgIpc) is 2.16. The van der Waals surface area contributed by atoms with Crippen molar-refractivity contribution in [2.24, 2.45) is 5.73 Å². The van der Waals surface area contributed by atoms with E-state index in [1.54, 1.807) is 0 Å². The monoisotopic (exact) mass is 211 g/mol. The first kappa shape index (κ1) is 10.9. The SMILES string of the molecule is NC(=S)Cc1ccc(OCCO)cc1. The summed E-state index contributed by atoms with van der Waals surface area (Å²) in [6.45, 7) is 0.337. The van der Waals surface area contributed by atoms with E-state index in [1.807, 2.05) is 24.3 Å². The van der Waals surface area contributed by atoms with Gasteiger partial charge < -0.3 is 15.6 Å². The average molecular weight is 211 g/mol. The lowest BCUT2D eigenvalue weighted by Crippen LogP contribution is -2.10. The first-order valence-electron chi connectivity index (χ1n) is 4.33. The third-order valence-electron chi connectivity index (χ3n) is 1.66. The quantitative estimate of drug-likeness (QED) is 0.710. The Morgan fingerprint density at radius 2 is 2.00 bits per heavy atom. The van der Waals surface area contributed by atoms with Gasteiger partial charge in [0.1, 0.15) is 12.4 Å². The Balaban J connectivity index is 2.54. The van der Waals surface area contributed by atoms with Crippen LogP contribution in [0.15, 0.2) is 24.3 Å². The van der Waals surface area contributed by atoms with E-state index in [1.165, 1.54) is 0 Å². The predicted molar refractivity (Wildman–Crippen MR) is 59.5 cm³/mol. The third kappa shape index (κ3) is 3.72. The fraction of sp³-hybridized carbons (Fsp3) is 0.300. The van der Waals surface area contributed by atoms with Gasteiger partial charge in [0.25, 0.3) is 0 Å². The molecule has 0 aliphatic carbocycles. The molecule has 3 nitrogen and oxygen atoms in total. The van der Waals surface area contributed by atoms with Crippen LogP contribution in [0.2, 0.25) is 0 Å². The molecule has 0 heterocycles. The maximum Gasteiger partial charge on any atom is 0.119 e. The standard InChI is InChI=1S/C10H13NO2S/c11-10(14)7-8-1-3-9(4-2-8)13-6-5-12/h1-4,12H,5-7H2,(H2,11,14). The van der Waals surface area contributed by atoms with E-state index >= 15 is 0 Å². The van der Waals surface area contributed by atoms with Crippen LogP contribution in [0.4, 0.5) is 0 Å². The van der Waals surface area contributed by atoms with Gasteiger partial charge in [-0.05, 0) is 17.7 Å². The molecule has 0 radical (unpaired) electrons. The Morgan fingerprint density at radius 3 is 2.50 bits per heavy atom. The summed E-state index contributed by atoms with van der Waals surface area (Å²) in [6.07, 6.45) is 0.607. The molecule has 1 aromatic rings. The van der Waals surface area contributed by atoms with E-state index in [0.29, 0.717) is 18.0 Å². The Kier molecular flexibility index (Phi) is 4.35. The molecule has 1 rings (SSSR count). The maximum absolute atomic E-state index is 8.54. The van der Waals surface area contributed by atoms with Crippen LogP contribution in [-0.2, 0) is 6.42 Å². The molecule has 4 heteroatoms. The number of aliphatic hydroxyl groups is 1. The summed E-state index contributed by atoms with van der Waals surface area (Å²) in [6, 6.07) is 7.49. The molecule has 3 N–H and O–H groups in total. The summed E-state index contributed by atoms with van der Waals surface area (Å²) in [7, 11) is 0. The van der Waals surface area contributed by atoms with E-state index in [4.69, 9.17) is 27.8 Å². The Hall–Kier alpha value is -1.13. The third-order valence-corrected chi connectivity index (χ3v) is 1.81. The predicted octanol–water partition coefficient (Wildman–Crippen LogP) is 0.886. The van der Waals surface area contributed by atoms with E-state index in [2.05, 4.69) is 0 Å². The van der Waals surface area contributed by atoms with Crippen LogP contribution in [0.3, 0.4) is 0 Å². The molecule has 0 aliphatic rings. The zero-order valence-corrected chi connectivity index (χ0v) is 8.59. The Morgan fingerprint density at radius 1 is 1.36 bits per heavy atom. The van der Waals surface area contributed by atoms with Crippen LogP contribution < -0.4 is 10.5 Å². The number of nitrogens with two attached hydrogens (primary N) is 1. The van der Waals surface area contributed by atoms with Crippen LogP contribution in [0.5, 0.6) is 5.75 Å². The largest absolute Gasteiger partial charge is 0.491 e. The lowest BCUT2D eigenvalue weighted by molar-refractivity contribution is 0.201. The molecule has 0 fully saturated rings. The van der Waals surface area contributed by atoms with Gasteiger partial charge in [0, 0.05) is 6.42 Å². The van der Waals surface area contributed by atoms with Crippen molar-refractivity contribution in [3.05, 3.63) is 29.8 Å². The van der Waals surface area contributed by atoms with Crippen molar-refractivity contribution in [2.45, 2.75) is 6.42 Å². The van der Waals surface area contributed by atoms with Crippen molar-refractivity contribution >= 4 is 17.2 Å². The number of thiocarbonyl (C=S) groups is 1. The Bertz CT molecular complexity index is 297. The second kappa shape index (κ2) is 5.57. The highest BCUT2D eigenvalue weighted by Crippen LogP contribution is 2.12. The summed E-state index contributed by atoms with van der Waals surface area (Å²) in [5.41, 5.74) is 6.47. The summed E-state index contributed by atoms with van der Waals surface area (Å²) in [4.78, 5) is 0.481. The van der Waals surface area contributed by atoms with Gasteiger partial charge in [0.2, 0.25) is 0 Å². The zero-order chi connectivity index (χ0) is 10.4. The van der Waals surface area contributed by atoms with Gasteiger partial charge in [0.05, 0.1) is 11.6 Å². The maximum atomic E-state index is 8.54. The smallest absolute Gasteiger partial charge is 0.119 e. The molecular formula is C10H13NO2S. The number of hydrogen-bond acceptors (Lipinski definition) is 3. The van der Waals surface area contributed by atoms with Gasteiger partial charge in [-0.15, -0.1) is 0 Å². The summed E-state index contributed by atoms with van der Waals surface area (Å²) in [5, 5.41) is 8.54. The lowest BCUT2D eigenvalue weighted by atomic mass is 10.1. The molecule has 0 spiro atoms. The second-order valence-corrected chi connectivity index (χ2v) is 3.38.